The fraction of sp³-hybridized carbons (Fsp3) is 0.545. The summed E-state index contributed by atoms with van der Waals surface area (Å²) in [6, 6.07) is 7.60. The number of hydrogen-bond donors (Lipinski definition) is 3. The standard InChI is InChI=1S/C33H43N5O7/c1-19(2)27-29(40)35-21(4)30(41)38-15-7-8-25(37-38)28(39)34-20(3)24-12-11-23-10-9-22(16-26(23)36-24)13-14-33(31(42)45-27)17-43-32(5,6)44-18-33/h9-14,16,19-21,25,27,37H,7-8,15,17-18H2,1-6H3,(H,34,39)(H,35,40)/b14-13+/t20-,21+,25+,27?/m1/s1. The molecule has 45 heavy (non-hydrogen) atoms. The van der Waals surface area contributed by atoms with Crippen molar-refractivity contribution in [3.8, 4) is 0 Å². The summed E-state index contributed by atoms with van der Waals surface area (Å²) in [6.45, 7) is 10.8. The van der Waals surface area contributed by atoms with Crippen LogP contribution in [-0.2, 0) is 33.4 Å². The number of aromatic nitrogens is 1. The summed E-state index contributed by atoms with van der Waals surface area (Å²) in [5.74, 6) is -3.23. The van der Waals surface area contributed by atoms with Gasteiger partial charge in [0.1, 0.15) is 17.5 Å². The average molecular weight is 622 g/mol. The van der Waals surface area contributed by atoms with Gasteiger partial charge in [-0.25, -0.2) is 5.43 Å². The van der Waals surface area contributed by atoms with Gasteiger partial charge in [0.15, 0.2) is 11.9 Å². The van der Waals surface area contributed by atoms with Crippen molar-refractivity contribution in [1.29, 1.82) is 0 Å². The largest absolute Gasteiger partial charge is 0.451 e. The van der Waals surface area contributed by atoms with Crippen molar-refractivity contribution in [3.05, 3.63) is 47.7 Å². The average Bonchev–Trinajstić information content (AvgIpc) is 3.01. The molecule has 1 aromatic heterocycles. The maximum atomic E-state index is 13.9. The second-order valence-electron chi connectivity index (χ2n) is 13.0. The first-order chi connectivity index (χ1) is 21.3. The number of fused-ring (bicyclic) bond motifs is 4. The van der Waals surface area contributed by atoms with Gasteiger partial charge < -0.3 is 24.8 Å². The van der Waals surface area contributed by atoms with Gasteiger partial charge in [0.25, 0.3) is 11.8 Å². The number of hydrazine groups is 1. The quantitative estimate of drug-likeness (QED) is 0.409. The van der Waals surface area contributed by atoms with E-state index in [0.717, 1.165) is 10.9 Å². The van der Waals surface area contributed by atoms with Crippen molar-refractivity contribution in [2.24, 2.45) is 11.3 Å². The van der Waals surface area contributed by atoms with E-state index in [4.69, 9.17) is 19.2 Å². The Labute approximate surface area is 263 Å². The maximum absolute atomic E-state index is 13.9. The van der Waals surface area contributed by atoms with Crippen LogP contribution in [-0.4, -0.2) is 77.4 Å². The van der Waals surface area contributed by atoms with Gasteiger partial charge in [0, 0.05) is 11.9 Å². The molecule has 0 aliphatic carbocycles. The molecule has 5 rings (SSSR count). The van der Waals surface area contributed by atoms with E-state index < -0.39 is 59.1 Å². The third-order valence-corrected chi connectivity index (χ3v) is 8.49. The van der Waals surface area contributed by atoms with Gasteiger partial charge >= 0.3 is 5.97 Å². The zero-order chi connectivity index (χ0) is 32.5. The number of benzene rings is 1. The topological polar surface area (TPSA) is 148 Å². The number of cyclic esters (lactones) is 1. The number of pyridine rings is 1. The third kappa shape index (κ3) is 7.18. The van der Waals surface area contributed by atoms with E-state index in [1.54, 1.807) is 46.8 Å². The lowest BCUT2D eigenvalue weighted by atomic mass is 9.87. The van der Waals surface area contributed by atoms with E-state index >= 15 is 0 Å². The molecule has 4 heterocycles. The normalized spacial score (nSPS) is 28.5. The zero-order valence-corrected chi connectivity index (χ0v) is 26.7. The number of ether oxygens (including phenoxy) is 3. The Balaban J connectivity index is 1.54. The molecule has 12 heteroatoms. The van der Waals surface area contributed by atoms with Crippen molar-refractivity contribution in [2.75, 3.05) is 19.8 Å². The molecule has 3 amide bonds. The Hall–Kier alpha value is -3.87. The van der Waals surface area contributed by atoms with E-state index in [0.29, 0.717) is 30.6 Å². The minimum absolute atomic E-state index is 0.0222. The highest BCUT2D eigenvalue weighted by atomic mass is 16.7. The van der Waals surface area contributed by atoms with E-state index in [9.17, 15) is 19.2 Å². The first-order valence-electron chi connectivity index (χ1n) is 15.5. The van der Waals surface area contributed by atoms with Crippen LogP contribution in [0.25, 0.3) is 17.0 Å². The molecule has 12 nitrogen and oxygen atoms in total. The monoisotopic (exact) mass is 621 g/mol. The lowest BCUT2D eigenvalue weighted by Crippen LogP contribution is -2.61. The van der Waals surface area contributed by atoms with Gasteiger partial charge in [-0.15, -0.1) is 0 Å². The molecule has 1 spiro atoms. The maximum Gasteiger partial charge on any atom is 0.321 e. The molecule has 1 aromatic carbocycles. The Morgan fingerprint density at radius 3 is 2.36 bits per heavy atom. The summed E-state index contributed by atoms with van der Waals surface area (Å²) in [4.78, 5) is 58.8. The van der Waals surface area contributed by atoms with Crippen LogP contribution in [0.4, 0.5) is 0 Å². The summed E-state index contributed by atoms with van der Waals surface area (Å²) in [6.07, 6.45) is 3.45. The van der Waals surface area contributed by atoms with Crippen LogP contribution in [0.15, 0.2) is 36.4 Å². The predicted octanol–water partition coefficient (Wildman–Crippen LogP) is 2.78. The highest BCUT2D eigenvalue weighted by Gasteiger charge is 2.47. The number of nitrogens with one attached hydrogen (secondary N) is 3. The molecule has 242 valence electrons. The fourth-order valence-corrected chi connectivity index (χ4v) is 5.56. The van der Waals surface area contributed by atoms with Crippen LogP contribution < -0.4 is 16.1 Å². The zero-order valence-electron chi connectivity index (χ0n) is 26.7. The Kier molecular flexibility index (Phi) is 9.29. The molecule has 0 radical (unpaired) electrons. The van der Waals surface area contributed by atoms with Crippen molar-refractivity contribution in [1.82, 2.24) is 26.1 Å². The number of esters is 1. The van der Waals surface area contributed by atoms with E-state index in [2.05, 4.69) is 16.1 Å². The molecule has 2 aromatic rings. The van der Waals surface area contributed by atoms with E-state index in [1.807, 2.05) is 37.3 Å². The summed E-state index contributed by atoms with van der Waals surface area (Å²) in [5.41, 5.74) is 3.87. The van der Waals surface area contributed by atoms with E-state index in [-0.39, 0.29) is 19.1 Å². The van der Waals surface area contributed by atoms with Gasteiger partial charge in [0.2, 0.25) is 5.91 Å². The second kappa shape index (κ2) is 12.9. The lowest BCUT2D eigenvalue weighted by Gasteiger charge is -2.41. The molecule has 4 atom stereocenters. The first kappa shape index (κ1) is 32.5. The lowest BCUT2D eigenvalue weighted by molar-refractivity contribution is -0.277. The van der Waals surface area contributed by atoms with Crippen LogP contribution in [0.2, 0.25) is 0 Å². The van der Waals surface area contributed by atoms with Gasteiger partial charge in [-0.2, -0.15) is 0 Å². The van der Waals surface area contributed by atoms with Crippen molar-refractivity contribution in [3.63, 3.8) is 0 Å². The van der Waals surface area contributed by atoms with Crippen LogP contribution >= 0.6 is 0 Å². The molecule has 0 saturated carbocycles. The van der Waals surface area contributed by atoms with Crippen molar-refractivity contribution >= 4 is 40.7 Å². The molecule has 2 saturated heterocycles. The van der Waals surface area contributed by atoms with Crippen LogP contribution in [0.1, 0.15) is 71.7 Å². The smallest absolute Gasteiger partial charge is 0.321 e. The molecule has 3 aliphatic rings. The summed E-state index contributed by atoms with van der Waals surface area (Å²) in [7, 11) is 0. The van der Waals surface area contributed by atoms with Crippen molar-refractivity contribution < 1.29 is 33.4 Å². The van der Waals surface area contributed by atoms with Crippen LogP contribution in [0.5, 0.6) is 0 Å². The highest BCUT2D eigenvalue weighted by molar-refractivity contribution is 5.92. The van der Waals surface area contributed by atoms with Gasteiger partial charge in [0.05, 0.1) is 30.5 Å². The molecule has 1 unspecified atom stereocenters. The number of rotatable bonds is 1. The van der Waals surface area contributed by atoms with Gasteiger partial charge in [-0.1, -0.05) is 44.2 Å². The number of carbonyl (C=O) groups is 4. The molecular formula is C33H43N5O7. The SMILES string of the molecule is CC(C)C1OC(=O)C2(/C=C/c3ccc4ccc(nc4c3)[C@@H](C)NC(=O)[C@@H]3CCCN(N3)C(=O)[C@H](C)NC1=O)COC(C)(C)OC2. The van der Waals surface area contributed by atoms with Crippen molar-refractivity contribution in [2.45, 2.75) is 84.4 Å². The third-order valence-electron chi connectivity index (χ3n) is 8.49. The second-order valence-corrected chi connectivity index (χ2v) is 13.0. The first-order valence-corrected chi connectivity index (χ1v) is 15.5. The van der Waals surface area contributed by atoms with Gasteiger partial charge in [-0.05, 0) is 64.2 Å². The number of amides is 3. The summed E-state index contributed by atoms with van der Waals surface area (Å²) in [5, 5.41) is 8.01. The summed E-state index contributed by atoms with van der Waals surface area (Å²) < 4.78 is 17.7. The van der Waals surface area contributed by atoms with Crippen LogP contribution in [0, 0.1) is 11.3 Å². The minimum atomic E-state index is -1.33. The summed E-state index contributed by atoms with van der Waals surface area (Å²) >= 11 is 0. The Morgan fingerprint density at radius 1 is 0.956 bits per heavy atom. The predicted molar refractivity (Wildman–Crippen MR) is 166 cm³/mol. The number of carbonyl (C=O) groups excluding carboxylic acids is 4. The Morgan fingerprint density at radius 2 is 1.64 bits per heavy atom. The highest BCUT2D eigenvalue weighted by Crippen LogP contribution is 2.34. The fourth-order valence-electron chi connectivity index (χ4n) is 5.56. The Bertz CT molecular complexity index is 1500. The molecular weight excluding hydrogens is 578 g/mol. The molecule has 3 aliphatic heterocycles. The molecule has 3 N–H and O–H groups in total. The molecule has 2 fully saturated rings. The minimum Gasteiger partial charge on any atom is -0.451 e. The molecule has 5 bridgehead atoms. The van der Waals surface area contributed by atoms with Crippen LogP contribution in [0.3, 0.4) is 0 Å². The van der Waals surface area contributed by atoms with E-state index in [1.165, 1.54) is 5.01 Å². The number of hydrogen-bond acceptors (Lipinski definition) is 9. The number of nitrogens with zero attached hydrogens (tertiary/aromatic N) is 2. The van der Waals surface area contributed by atoms with Gasteiger partial charge in [-0.3, -0.25) is 29.2 Å².